The normalized spacial score (nSPS) is 12.0. The fourth-order valence-corrected chi connectivity index (χ4v) is 5.17. The van der Waals surface area contributed by atoms with Gasteiger partial charge in [0.15, 0.2) is 0 Å². The molecule has 0 radical (unpaired) electrons. The van der Waals surface area contributed by atoms with Gasteiger partial charge in [0, 0.05) is 24.0 Å². The van der Waals surface area contributed by atoms with Crippen LogP contribution >= 0.6 is 15.9 Å². The second-order valence-electron chi connectivity index (χ2n) is 9.10. The Hall–Kier alpha value is -3.17. The van der Waals surface area contributed by atoms with Gasteiger partial charge < -0.3 is 10.2 Å². The molecule has 1 N–H and O–H groups in total. The third-order valence-corrected chi connectivity index (χ3v) is 7.76. The van der Waals surface area contributed by atoms with Crippen LogP contribution in [0.5, 0.6) is 0 Å². The van der Waals surface area contributed by atoms with Crippen LogP contribution in [0, 0.1) is 0 Å². The number of hydrogen-bond donors (Lipinski definition) is 1. The van der Waals surface area contributed by atoms with Crippen LogP contribution in [0.2, 0.25) is 0 Å². The van der Waals surface area contributed by atoms with E-state index in [-0.39, 0.29) is 12.5 Å². The van der Waals surface area contributed by atoms with E-state index in [1.54, 1.807) is 30.3 Å². The number of nitrogens with one attached hydrogen (secondary N) is 1. The number of benzene rings is 3. The Kier molecular flexibility index (Phi) is 10.9. The van der Waals surface area contributed by atoms with Crippen LogP contribution in [0.25, 0.3) is 0 Å². The highest BCUT2D eigenvalue weighted by atomic mass is 79.9. The Morgan fingerprint density at radius 1 is 0.895 bits per heavy atom. The highest BCUT2D eigenvalue weighted by Gasteiger charge is 2.32. The van der Waals surface area contributed by atoms with Crippen LogP contribution in [0.3, 0.4) is 0 Å². The van der Waals surface area contributed by atoms with E-state index in [9.17, 15) is 18.0 Å². The molecular formula is C29H34BrN3O4S. The number of anilines is 1. The van der Waals surface area contributed by atoms with Gasteiger partial charge in [0.1, 0.15) is 12.6 Å². The van der Waals surface area contributed by atoms with Gasteiger partial charge >= 0.3 is 0 Å². The molecule has 202 valence electrons. The summed E-state index contributed by atoms with van der Waals surface area (Å²) in [5.41, 5.74) is 2.12. The number of unbranched alkanes of at least 4 members (excludes halogenated alkanes) is 1. The number of rotatable bonds is 13. The van der Waals surface area contributed by atoms with Gasteiger partial charge in [-0.2, -0.15) is 0 Å². The molecule has 0 aromatic heterocycles. The largest absolute Gasteiger partial charge is 0.354 e. The predicted molar refractivity (Wildman–Crippen MR) is 155 cm³/mol. The monoisotopic (exact) mass is 599 g/mol. The first-order valence-electron chi connectivity index (χ1n) is 12.6. The maximum atomic E-state index is 13.9. The lowest BCUT2D eigenvalue weighted by atomic mass is 10.0. The van der Waals surface area contributed by atoms with Gasteiger partial charge in [0.25, 0.3) is 0 Å². The number of hydrogen-bond acceptors (Lipinski definition) is 4. The number of carbonyl (C=O) groups excluding carboxylic acids is 2. The van der Waals surface area contributed by atoms with Crippen LogP contribution in [-0.4, -0.2) is 50.5 Å². The van der Waals surface area contributed by atoms with Crippen molar-refractivity contribution in [1.82, 2.24) is 10.2 Å². The minimum Gasteiger partial charge on any atom is -0.354 e. The van der Waals surface area contributed by atoms with Gasteiger partial charge in [0.2, 0.25) is 21.8 Å². The van der Waals surface area contributed by atoms with Crippen LogP contribution < -0.4 is 9.62 Å². The highest BCUT2D eigenvalue weighted by Crippen LogP contribution is 2.21. The Morgan fingerprint density at radius 2 is 1.50 bits per heavy atom. The third kappa shape index (κ3) is 8.70. The lowest BCUT2D eigenvalue weighted by Crippen LogP contribution is -2.53. The quantitative estimate of drug-likeness (QED) is 0.287. The Morgan fingerprint density at radius 3 is 2.08 bits per heavy atom. The summed E-state index contributed by atoms with van der Waals surface area (Å²) in [6.07, 6.45) is 3.11. The summed E-state index contributed by atoms with van der Waals surface area (Å²) >= 11 is 3.43. The molecule has 0 heterocycles. The molecule has 0 bridgehead atoms. The molecule has 3 rings (SSSR count). The number of sulfonamides is 1. The van der Waals surface area contributed by atoms with Crippen LogP contribution in [-0.2, 0) is 32.6 Å². The van der Waals surface area contributed by atoms with E-state index in [2.05, 4.69) is 21.2 Å². The molecule has 7 nitrogen and oxygen atoms in total. The van der Waals surface area contributed by atoms with Gasteiger partial charge in [-0.15, -0.1) is 0 Å². The van der Waals surface area contributed by atoms with Crippen molar-refractivity contribution in [1.29, 1.82) is 0 Å². The number of carbonyl (C=O) groups is 2. The molecule has 9 heteroatoms. The second-order valence-corrected chi connectivity index (χ2v) is 11.9. The fraction of sp³-hybridized carbons (Fsp3) is 0.310. The lowest BCUT2D eigenvalue weighted by molar-refractivity contribution is -0.140. The summed E-state index contributed by atoms with van der Waals surface area (Å²) in [5, 5.41) is 2.98. The van der Waals surface area contributed by atoms with Crippen molar-refractivity contribution in [2.75, 3.05) is 23.7 Å². The summed E-state index contributed by atoms with van der Waals surface area (Å²) < 4.78 is 27.4. The predicted octanol–water partition coefficient (Wildman–Crippen LogP) is 4.77. The number of amides is 2. The molecule has 0 spiro atoms. The lowest BCUT2D eigenvalue weighted by Gasteiger charge is -2.33. The molecule has 3 aromatic carbocycles. The highest BCUT2D eigenvalue weighted by molar-refractivity contribution is 9.10. The zero-order valence-corrected chi connectivity index (χ0v) is 24.1. The van der Waals surface area contributed by atoms with E-state index in [1.807, 2.05) is 61.5 Å². The van der Waals surface area contributed by atoms with E-state index < -0.39 is 28.5 Å². The molecule has 3 aromatic rings. The fourth-order valence-electron chi connectivity index (χ4n) is 4.05. The molecule has 0 fully saturated rings. The summed E-state index contributed by atoms with van der Waals surface area (Å²) in [4.78, 5) is 29.0. The SMILES string of the molecule is CCCCNC(=O)C(Cc1ccccc1)N(Cc1ccc(Br)cc1)C(=O)CN(c1ccccc1)S(C)(=O)=O. The second kappa shape index (κ2) is 14.1. The first-order valence-corrected chi connectivity index (χ1v) is 15.2. The van der Waals surface area contributed by atoms with Crippen molar-refractivity contribution in [3.8, 4) is 0 Å². The third-order valence-electron chi connectivity index (χ3n) is 6.09. The number of halogens is 1. The molecule has 1 unspecified atom stereocenters. The van der Waals surface area contributed by atoms with E-state index in [1.165, 1.54) is 4.90 Å². The summed E-state index contributed by atoms with van der Waals surface area (Å²) in [6, 6.07) is 24.7. The Labute approximate surface area is 234 Å². The van der Waals surface area contributed by atoms with E-state index in [0.717, 1.165) is 39.0 Å². The molecule has 2 amide bonds. The molecule has 0 saturated carbocycles. The maximum Gasteiger partial charge on any atom is 0.244 e. The van der Waals surface area contributed by atoms with E-state index in [4.69, 9.17) is 0 Å². The topological polar surface area (TPSA) is 86.8 Å². The van der Waals surface area contributed by atoms with Crippen molar-refractivity contribution < 1.29 is 18.0 Å². The maximum absolute atomic E-state index is 13.9. The van der Waals surface area contributed by atoms with Crippen LogP contribution in [0.15, 0.2) is 89.4 Å². The van der Waals surface area contributed by atoms with E-state index in [0.29, 0.717) is 18.7 Å². The van der Waals surface area contributed by atoms with Crippen molar-refractivity contribution in [3.63, 3.8) is 0 Å². The summed E-state index contributed by atoms with van der Waals surface area (Å²) in [6.45, 7) is 2.27. The molecular weight excluding hydrogens is 566 g/mol. The minimum absolute atomic E-state index is 0.150. The molecule has 0 aliphatic heterocycles. The number of nitrogens with zero attached hydrogens (tertiary/aromatic N) is 2. The van der Waals surface area contributed by atoms with Gasteiger partial charge in [-0.3, -0.25) is 13.9 Å². The molecule has 1 atom stereocenters. The first kappa shape index (κ1) is 29.4. The van der Waals surface area contributed by atoms with Crippen molar-refractivity contribution in [3.05, 3.63) is 101 Å². The molecule has 0 aliphatic carbocycles. The van der Waals surface area contributed by atoms with E-state index >= 15 is 0 Å². The number of para-hydroxylation sites is 1. The summed E-state index contributed by atoms with van der Waals surface area (Å²) in [5.74, 6) is -0.729. The van der Waals surface area contributed by atoms with Gasteiger partial charge in [-0.1, -0.05) is 89.9 Å². The van der Waals surface area contributed by atoms with Crippen molar-refractivity contribution in [2.45, 2.75) is 38.8 Å². The average Bonchev–Trinajstić information content (AvgIpc) is 2.90. The summed E-state index contributed by atoms with van der Waals surface area (Å²) in [7, 11) is -3.77. The Balaban J connectivity index is 2.01. The van der Waals surface area contributed by atoms with Crippen LogP contribution in [0.4, 0.5) is 5.69 Å². The first-order chi connectivity index (χ1) is 18.2. The molecule has 0 saturated heterocycles. The smallest absolute Gasteiger partial charge is 0.244 e. The van der Waals surface area contributed by atoms with Gasteiger partial charge in [0.05, 0.1) is 11.9 Å². The van der Waals surface area contributed by atoms with Crippen molar-refractivity contribution in [2.24, 2.45) is 0 Å². The van der Waals surface area contributed by atoms with Gasteiger partial charge in [-0.25, -0.2) is 8.42 Å². The van der Waals surface area contributed by atoms with Crippen LogP contribution in [0.1, 0.15) is 30.9 Å². The molecule has 0 aliphatic rings. The van der Waals surface area contributed by atoms with Crippen molar-refractivity contribution >= 4 is 43.5 Å². The Bertz CT molecular complexity index is 1290. The minimum atomic E-state index is -3.77. The standard InChI is InChI=1S/C29H34BrN3O4S/c1-3-4-19-31-29(35)27(20-23-11-7-5-8-12-23)32(21-24-15-17-25(30)18-16-24)28(34)22-33(38(2,36)37)26-13-9-6-10-14-26/h5-18,27H,3-4,19-22H2,1-2H3,(H,31,35). The molecule has 38 heavy (non-hydrogen) atoms. The van der Waals surface area contributed by atoms with Gasteiger partial charge in [-0.05, 0) is 41.8 Å². The average molecular weight is 601 g/mol. The zero-order chi connectivity index (χ0) is 27.5. The zero-order valence-electron chi connectivity index (χ0n) is 21.7.